The molecule has 168 valence electrons. The molecule has 1 unspecified atom stereocenters. The van der Waals surface area contributed by atoms with Crippen LogP contribution in [0.4, 0.5) is 0 Å². The second kappa shape index (κ2) is 10.2. The lowest BCUT2D eigenvalue weighted by Crippen LogP contribution is -2.45. The van der Waals surface area contributed by atoms with Crippen LogP contribution in [0.1, 0.15) is 22.6 Å². The third kappa shape index (κ3) is 5.08. The van der Waals surface area contributed by atoms with Crippen LogP contribution in [0.5, 0.6) is 5.75 Å². The molecule has 33 heavy (non-hydrogen) atoms. The van der Waals surface area contributed by atoms with Crippen LogP contribution in [0.2, 0.25) is 0 Å². The number of likely N-dealkylation sites (N-methyl/N-ethyl adjacent to an activating group) is 1. The van der Waals surface area contributed by atoms with Crippen LogP contribution in [0.15, 0.2) is 91.1 Å². The number of benzene rings is 3. The number of fused-ring (bicyclic) bond motifs is 1. The summed E-state index contributed by atoms with van der Waals surface area (Å²) in [6.07, 6.45) is 1.86. The molecule has 1 aliphatic rings. The normalized spacial score (nSPS) is 16.0. The van der Waals surface area contributed by atoms with E-state index in [1.807, 2.05) is 18.3 Å². The first-order chi connectivity index (χ1) is 16.3. The average Bonchev–Trinajstić information content (AvgIpc) is 2.88. The highest BCUT2D eigenvalue weighted by molar-refractivity contribution is 5.86. The Morgan fingerprint density at radius 3 is 2.30 bits per heavy atom. The summed E-state index contributed by atoms with van der Waals surface area (Å²) in [7, 11) is 2.20. The zero-order chi connectivity index (χ0) is 22.5. The predicted octanol–water partition coefficient (Wildman–Crippen LogP) is 5.19. The van der Waals surface area contributed by atoms with Gasteiger partial charge in [-0.3, -0.25) is 9.88 Å². The lowest BCUT2D eigenvalue weighted by atomic mass is 9.89. The van der Waals surface area contributed by atoms with Gasteiger partial charge in [0.25, 0.3) is 0 Å². The highest BCUT2D eigenvalue weighted by Crippen LogP contribution is 2.37. The van der Waals surface area contributed by atoms with Crippen molar-refractivity contribution in [2.75, 3.05) is 39.8 Å². The number of rotatable bonds is 7. The van der Waals surface area contributed by atoms with Crippen LogP contribution < -0.4 is 4.74 Å². The van der Waals surface area contributed by atoms with Gasteiger partial charge in [-0.2, -0.15) is 0 Å². The van der Waals surface area contributed by atoms with E-state index in [1.165, 1.54) is 11.1 Å². The fraction of sp³-hybridized carbons (Fsp3) is 0.276. The van der Waals surface area contributed by atoms with Crippen molar-refractivity contribution < 1.29 is 4.74 Å². The van der Waals surface area contributed by atoms with Gasteiger partial charge in [0.15, 0.2) is 0 Å². The lowest BCUT2D eigenvalue weighted by Gasteiger charge is -2.35. The van der Waals surface area contributed by atoms with E-state index in [4.69, 9.17) is 9.72 Å². The van der Waals surface area contributed by atoms with Gasteiger partial charge in [0, 0.05) is 55.8 Å². The monoisotopic (exact) mass is 437 g/mol. The Kier molecular flexibility index (Phi) is 6.66. The third-order valence-electron chi connectivity index (χ3n) is 6.60. The van der Waals surface area contributed by atoms with Crippen molar-refractivity contribution in [3.8, 4) is 5.75 Å². The van der Waals surface area contributed by atoms with Crippen molar-refractivity contribution in [3.05, 3.63) is 108 Å². The van der Waals surface area contributed by atoms with Crippen LogP contribution in [0.3, 0.4) is 0 Å². The van der Waals surface area contributed by atoms with E-state index in [-0.39, 0.29) is 5.92 Å². The Hall–Kier alpha value is -3.21. The first-order valence-corrected chi connectivity index (χ1v) is 11.8. The molecule has 3 aromatic carbocycles. The number of ether oxygens (including phenoxy) is 1. The lowest BCUT2D eigenvalue weighted by molar-refractivity contribution is 0.150. The summed E-state index contributed by atoms with van der Waals surface area (Å²) in [6.45, 7) is 5.89. The zero-order valence-electron chi connectivity index (χ0n) is 19.2. The summed E-state index contributed by atoms with van der Waals surface area (Å²) in [5.41, 5.74) is 4.62. The van der Waals surface area contributed by atoms with E-state index >= 15 is 0 Å². The number of nitrogens with zero attached hydrogens (tertiary/aromatic N) is 3. The van der Waals surface area contributed by atoms with E-state index in [0.29, 0.717) is 6.61 Å². The second-order valence-corrected chi connectivity index (χ2v) is 8.90. The zero-order valence-corrected chi connectivity index (χ0v) is 19.2. The van der Waals surface area contributed by atoms with Gasteiger partial charge < -0.3 is 9.64 Å². The number of hydrogen-bond donors (Lipinski definition) is 0. The average molecular weight is 438 g/mol. The van der Waals surface area contributed by atoms with Crippen LogP contribution >= 0.6 is 0 Å². The maximum Gasteiger partial charge on any atom is 0.149 e. The number of aromatic nitrogens is 1. The third-order valence-corrected chi connectivity index (χ3v) is 6.60. The van der Waals surface area contributed by atoms with Crippen LogP contribution in [0, 0.1) is 0 Å². The van der Waals surface area contributed by atoms with Gasteiger partial charge in [-0.1, -0.05) is 78.9 Å². The number of pyridine rings is 1. The van der Waals surface area contributed by atoms with Crippen molar-refractivity contribution in [1.29, 1.82) is 0 Å². The van der Waals surface area contributed by atoms with E-state index in [9.17, 15) is 0 Å². The number of hydrogen-bond acceptors (Lipinski definition) is 4. The fourth-order valence-electron chi connectivity index (χ4n) is 4.65. The highest BCUT2D eigenvalue weighted by Gasteiger charge is 2.25. The summed E-state index contributed by atoms with van der Waals surface area (Å²) in [4.78, 5) is 9.73. The van der Waals surface area contributed by atoms with Crippen LogP contribution in [-0.4, -0.2) is 54.6 Å². The molecule has 0 amide bonds. The molecule has 0 spiro atoms. The molecule has 1 fully saturated rings. The molecule has 0 aliphatic carbocycles. The van der Waals surface area contributed by atoms with Gasteiger partial charge in [0.05, 0.1) is 0 Å². The SMILES string of the molecule is CN1CCN(CC(c2ccccc2)c2ccc3cccnc3c2OCc2ccccc2)CC1. The summed E-state index contributed by atoms with van der Waals surface area (Å²) in [5, 5.41) is 1.11. The van der Waals surface area contributed by atoms with Crippen molar-refractivity contribution >= 4 is 10.9 Å². The molecule has 0 N–H and O–H groups in total. The molecule has 1 aliphatic heterocycles. The maximum absolute atomic E-state index is 6.56. The minimum Gasteiger partial charge on any atom is -0.486 e. The van der Waals surface area contributed by atoms with E-state index < -0.39 is 0 Å². The largest absolute Gasteiger partial charge is 0.486 e. The molecule has 4 aromatic rings. The minimum absolute atomic E-state index is 0.215. The van der Waals surface area contributed by atoms with E-state index in [1.54, 1.807) is 0 Å². The van der Waals surface area contributed by atoms with Crippen molar-refractivity contribution in [2.45, 2.75) is 12.5 Å². The summed E-state index contributed by atoms with van der Waals surface area (Å²) >= 11 is 0. The smallest absolute Gasteiger partial charge is 0.149 e. The summed E-state index contributed by atoms with van der Waals surface area (Å²) in [6, 6.07) is 29.7. The Bertz CT molecular complexity index is 1170. The topological polar surface area (TPSA) is 28.6 Å². The summed E-state index contributed by atoms with van der Waals surface area (Å²) in [5.74, 6) is 1.12. The highest BCUT2D eigenvalue weighted by atomic mass is 16.5. The Morgan fingerprint density at radius 1 is 0.818 bits per heavy atom. The van der Waals surface area contributed by atoms with Crippen LogP contribution in [-0.2, 0) is 6.61 Å². The van der Waals surface area contributed by atoms with Crippen molar-refractivity contribution in [2.24, 2.45) is 0 Å². The fourth-order valence-corrected chi connectivity index (χ4v) is 4.65. The molecule has 1 atom stereocenters. The van der Waals surface area contributed by atoms with E-state index in [0.717, 1.165) is 54.9 Å². The molecule has 0 bridgehead atoms. The molecule has 4 heteroatoms. The predicted molar refractivity (Wildman–Crippen MR) is 135 cm³/mol. The van der Waals surface area contributed by atoms with Gasteiger partial charge >= 0.3 is 0 Å². The first-order valence-electron chi connectivity index (χ1n) is 11.8. The number of piperazine rings is 1. The standard InChI is InChI=1S/C29H31N3O/c1-31-17-19-32(20-18-31)21-27(24-11-6-3-7-12-24)26-15-14-25-13-8-16-30-28(25)29(26)33-22-23-9-4-2-5-10-23/h2-16,27H,17-22H2,1H3. The second-order valence-electron chi connectivity index (χ2n) is 8.90. The molecule has 2 heterocycles. The van der Waals surface area contributed by atoms with Crippen LogP contribution in [0.25, 0.3) is 10.9 Å². The van der Waals surface area contributed by atoms with Crippen molar-refractivity contribution in [3.63, 3.8) is 0 Å². The Labute approximate surface area is 196 Å². The Morgan fingerprint density at radius 2 is 1.55 bits per heavy atom. The molecule has 4 nitrogen and oxygen atoms in total. The van der Waals surface area contributed by atoms with E-state index in [2.05, 4.69) is 89.6 Å². The van der Waals surface area contributed by atoms with Gasteiger partial charge in [0.2, 0.25) is 0 Å². The molecular weight excluding hydrogens is 406 g/mol. The minimum atomic E-state index is 0.215. The van der Waals surface area contributed by atoms with Gasteiger partial charge in [-0.15, -0.1) is 0 Å². The summed E-state index contributed by atoms with van der Waals surface area (Å²) < 4.78 is 6.56. The Balaban J connectivity index is 1.55. The molecular formula is C29H31N3O. The molecule has 5 rings (SSSR count). The molecule has 0 saturated carbocycles. The maximum atomic E-state index is 6.56. The van der Waals surface area contributed by atoms with Crippen molar-refractivity contribution in [1.82, 2.24) is 14.8 Å². The van der Waals surface area contributed by atoms with Gasteiger partial charge in [-0.25, -0.2) is 0 Å². The molecule has 1 aromatic heterocycles. The molecule has 1 saturated heterocycles. The quantitative estimate of drug-likeness (QED) is 0.398. The van der Waals surface area contributed by atoms with Gasteiger partial charge in [-0.05, 0) is 24.2 Å². The molecule has 0 radical (unpaired) electrons. The van der Waals surface area contributed by atoms with Gasteiger partial charge in [0.1, 0.15) is 17.9 Å². The first kappa shape index (κ1) is 21.6.